The summed E-state index contributed by atoms with van der Waals surface area (Å²) in [6, 6.07) is 0.416. The number of nitrogens with one attached hydrogen (secondary N) is 1. The summed E-state index contributed by atoms with van der Waals surface area (Å²) >= 11 is 0. The van der Waals surface area contributed by atoms with Crippen molar-refractivity contribution < 1.29 is 14.7 Å². The third-order valence-electron chi connectivity index (χ3n) is 4.15. The maximum absolute atomic E-state index is 12.0. The molecule has 0 radical (unpaired) electrons. The molecular weight excluding hydrogens is 270 g/mol. The first kappa shape index (κ1) is 17.8. The van der Waals surface area contributed by atoms with Gasteiger partial charge in [0.15, 0.2) is 0 Å². The first-order valence-corrected chi connectivity index (χ1v) is 7.87. The zero-order chi connectivity index (χ0) is 15.8. The quantitative estimate of drug-likeness (QED) is 0.701. The van der Waals surface area contributed by atoms with Crippen LogP contribution in [0.4, 0.5) is 4.79 Å². The van der Waals surface area contributed by atoms with Gasteiger partial charge >= 0.3 is 12.0 Å². The Balaban J connectivity index is 2.17. The van der Waals surface area contributed by atoms with Gasteiger partial charge in [-0.25, -0.2) is 4.79 Å². The molecule has 6 nitrogen and oxygen atoms in total. The first-order chi connectivity index (χ1) is 9.91. The van der Waals surface area contributed by atoms with Crippen molar-refractivity contribution in [1.29, 1.82) is 0 Å². The van der Waals surface area contributed by atoms with E-state index in [1.54, 1.807) is 4.90 Å². The van der Waals surface area contributed by atoms with Crippen LogP contribution in [-0.4, -0.2) is 66.2 Å². The summed E-state index contributed by atoms with van der Waals surface area (Å²) in [5.74, 6) is -1.21. The summed E-state index contributed by atoms with van der Waals surface area (Å²) in [4.78, 5) is 26.9. The largest absolute Gasteiger partial charge is 0.481 e. The summed E-state index contributed by atoms with van der Waals surface area (Å²) < 4.78 is 0. The maximum atomic E-state index is 12.0. The lowest BCUT2D eigenvalue weighted by Crippen LogP contribution is -2.47. The van der Waals surface area contributed by atoms with Crippen molar-refractivity contribution in [2.45, 2.75) is 45.6 Å². The lowest BCUT2D eigenvalue weighted by molar-refractivity contribution is -0.143. The van der Waals surface area contributed by atoms with Crippen LogP contribution < -0.4 is 5.32 Å². The summed E-state index contributed by atoms with van der Waals surface area (Å²) in [7, 11) is 2.10. The summed E-state index contributed by atoms with van der Waals surface area (Å²) in [6.45, 7) is 6.99. The minimum atomic E-state index is -0.802. The number of unbranched alkanes of at least 4 members (excludes halogenated alkanes) is 1. The molecule has 0 aromatic rings. The molecular formula is C15H29N3O3. The van der Waals surface area contributed by atoms with Crippen LogP contribution in [0.5, 0.6) is 0 Å². The van der Waals surface area contributed by atoms with E-state index in [4.69, 9.17) is 5.11 Å². The highest BCUT2D eigenvalue weighted by Crippen LogP contribution is 2.16. The topological polar surface area (TPSA) is 72.9 Å². The van der Waals surface area contributed by atoms with Crippen molar-refractivity contribution in [3.63, 3.8) is 0 Å². The molecule has 2 amide bonds. The molecule has 1 atom stereocenters. The van der Waals surface area contributed by atoms with E-state index in [0.717, 1.165) is 25.8 Å². The SMILES string of the molecule is CC(C)N(C)CCCCNC(=O)N1CCC[C@H](C(=O)O)C1. The smallest absolute Gasteiger partial charge is 0.317 e. The van der Waals surface area contributed by atoms with E-state index in [-0.39, 0.29) is 6.03 Å². The lowest BCUT2D eigenvalue weighted by Gasteiger charge is -2.30. The molecule has 0 aromatic heterocycles. The van der Waals surface area contributed by atoms with Crippen LogP contribution in [0.25, 0.3) is 0 Å². The van der Waals surface area contributed by atoms with Crippen molar-refractivity contribution in [2.24, 2.45) is 5.92 Å². The Morgan fingerprint density at radius 1 is 1.38 bits per heavy atom. The number of rotatable bonds is 7. The molecule has 0 aliphatic carbocycles. The zero-order valence-corrected chi connectivity index (χ0v) is 13.5. The normalized spacial score (nSPS) is 19.1. The Kier molecular flexibility index (Phi) is 7.50. The number of carboxylic acids is 1. The minimum Gasteiger partial charge on any atom is -0.481 e. The fraction of sp³-hybridized carbons (Fsp3) is 0.867. The number of urea groups is 1. The summed E-state index contributed by atoms with van der Waals surface area (Å²) in [5, 5.41) is 11.9. The molecule has 122 valence electrons. The number of hydrogen-bond donors (Lipinski definition) is 2. The summed E-state index contributed by atoms with van der Waals surface area (Å²) in [6.07, 6.45) is 3.43. The molecule has 0 unspecified atom stereocenters. The highest BCUT2D eigenvalue weighted by Gasteiger charge is 2.27. The fourth-order valence-corrected chi connectivity index (χ4v) is 2.41. The van der Waals surface area contributed by atoms with Gasteiger partial charge in [-0.15, -0.1) is 0 Å². The number of carbonyl (C=O) groups excluding carboxylic acids is 1. The van der Waals surface area contributed by atoms with Gasteiger partial charge in [0, 0.05) is 25.7 Å². The van der Waals surface area contributed by atoms with Crippen LogP contribution >= 0.6 is 0 Å². The van der Waals surface area contributed by atoms with Gasteiger partial charge in [-0.2, -0.15) is 0 Å². The Hall–Kier alpha value is -1.30. The number of likely N-dealkylation sites (tertiary alicyclic amines) is 1. The van der Waals surface area contributed by atoms with Gasteiger partial charge in [0.1, 0.15) is 0 Å². The second-order valence-corrected chi connectivity index (χ2v) is 6.14. The Labute approximate surface area is 127 Å². The second-order valence-electron chi connectivity index (χ2n) is 6.14. The van der Waals surface area contributed by atoms with Gasteiger partial charge in [-0.3, -0.25) is 4.79 Å². The van der Waals surface area contributed by atoms with E-state index in [9.17, 15) is 9.59 Å². The van der Waals surface area contributed by atoms with E-state index in [2.05, 4.69) is 31.1 Å². The number of hydrogen-bond acceptors (Lipinski definition) is 3. The van der Waals surface area contributed by atoms with Crippen LogP contribution in [0, 0.1) is 5.92 Å². The number of carbonyl (C=O) groups is 2. The van der Waals surface area contributed by atoms with Gasteiger partial charge in [-0.05, 0) is 53.1 Å². The molecule has 6 heteroatoms. The number of aliphatic carboxylic acids is 1. The van der Waals surface area contributed by atoms with Gasteiger partial charge in [0.2, 0.25) is 0 Å². The monoisotopic (exact) mass is 299 g/mol. The molecule has 1 fully saturated rings. The molecule has 0 aromatic carbocycles. The standard InChI is InChI=1S/C15H29N3O3/c1-12(2)17(3)9-5-4-8-16-15(21)18-10-6-7-13(11-18)14(19)20/h12-13H,4-11H2,1-3H3,(H,16,21)(H,19,20)/t13-/m0/s1. The van der Waals surface area contributed by atoms with Crippen molar-refractivity contribution in [1.82, 2.24) is 15.1 Å². The molecule has 1 rings (SSSR count). The maximum Gasteiger partial charge on any atom is 0.317 e. The second kappa shape index (κ2) is 8.87. The van der Waals surface area contributed by atoms with Crippen LogP contribution in [0.15, 0.2) is 0 Å². The van der Waals surface area contributed by atoms with E-state index in [1.807, 2.05) is 0 Å². The van der Waals surface area contributed by atoms with E-state index >= 15 is 0 Å². The molecule has 1 aliphatic heterocycles. The first-order valence-electron chi connectivity index (χ1n) is 7.87. The summed E-state index contributed by atoms with van der Waals surface area (Å²) in [5.41, 5.74) is 0. The molecule has 21 heavy (non-hydrogen) atoms. The van der Waals surface area contributed by atoms with E-state index < -0.39 is 11.9 Å². The molecule has 0 saturated carbocycles. The number of nitrogens with zero attached hydrogens (tertiary/aromatic N) is 2. The molecule has 1 saturated heterocycles. The van der Waals surface area contributed by atoms with Gasteiger partial charge in [0.25, 0.3) is 0 Å². The Morgan fingerprint density at radius 2 is 2.10 bits per heavy atom. The van der Waals surface area contributed by atoms with Crippen LogP contribution in [0.2, 0.25) is 0 Å². The van der Waals surface area contributed by atoms with Gasteiger partial charge in [-0.1, -0.05) is 0 Å². The Bertz CT molecular complexity index is 347. The molecule has 1 aliphatic rings. The lowest BCUT2D eigenvalue weighted by atomic mass is 9.99. The highest BCUT2D eigenvalue weighted by atomic mass is 16.4. The molecule has 1 heterocycles. The average molecular weight is 299 g/mol. The van der Waals surface area contributed by atoms with Gasteiger partial charge < -0.3 is 20.2 Å². The van der Waals surface area contributed by atoms with Crippen molar-refractivity contribution in [2.75, 3.05) is 33.2 Å². The average Bonchev–Trinajstić information content (AvgIpc) is 2.46. The number of carboxylic acid groups (broad SMARTS) is 1. The predicted molar refractivity (Wildman–Crippen MR) is 82.3 cm³/mol. The van der Waals surface area contributed by atoms with Crippen LogP contribution in [-0.2, 0) is 4.79 Å². The van der Waals surface area contributed by atoms with E-state index in [1.165, 1.54) is 0 Å². The van der Waals surface area contributed by atoms with Crippen LogP contribution in [0.3, 0.4) is 0 Å². The fourth-order valence-electron chi connectivity index (χ4n) is 2.41. The Morgan fingerprint density at radius 3 is 2.71 bits per heavy atom. The highest BCUT2D eigenvalue weighted by molar-refractivity contribution is 5.76. The molecule has 2 N–H and O–H groups in total. The van der Waals surface area contributed by atoms with Crippen LogP contribution in [0.1, 0.15) is 39.5 Å². The van der Waals surface area contributed by atoms with Crippen molar-refractivity contribution in [3.8, 4) is 0 Å². The number of piperidine rings is 1. The van der Waals surface area contributed by atoms with E-state index in [0.29, 0.717) is 32.1 Å². The third kappa shape index (κ3) is 6.33. The molecule has 0 bridgehead atoms. The third-order valence-corrected chi connectivity index (χ3v) is 4.15. The zero-order valence-electron chi connectivity index (χ0n) is 13.5. The van der Waals surface area contributed by atoms with Crippen molar-refractivity contribution in [3.05, 3.63) is 0 Å². The minimum absolute atomic E-state index is 0.127. The number of amides is 2. The van der Waals surface area contributed by atoms with Crippen molar-refractivity contribution >= 4 is 12.0 Å². The van der Waals surface area contributed by atoms with Gasteiger partial charge in [0.05, 0.1) is 5.92 Å². The predicted octanol–water partition coefficient (Wildman–Crippen LogP) is 1.61. The molecule has 0 spiro atoms.